The lowest BCUT2D eigenvalue weighted by atomic mass is 9.84. The highest BCUT2D eigenvalue weighted by atomic mass is 16.3. The summed E-state index contributed by atoms with van der Waals surface area (Å²) in [5.41, 5.74) is 0. The Morgan fingerprint density at radius 1 is 0.852 bits per heavy atom. The molecule has 148 valence electrons. The van der Waals surface area contributed by atoms with E-state index in [1.165, 1.54) is 6.42 Å². The second-order valence-electron chi connectivity index (χ2n) is 8.26. The van der Waals surface area contributed by atoms with Crippen LogP contribution >= 0.6 is 0 Å². The highest BCUT2D eigenvalue weighted by Gasteiger charge is 2.33. The highest BCUT2D eigenvalue weighted by molar-refractivity contribution is 5.81. The van der Waals surface area contributed by atoms with Crippen molar-refractivity contribution in [2.75, 3.05) is 39.3 Å². The van der Waals surface area contributed by atoms with Gasteiger partial charge in [0.2, 0.25) is 11.8 Å². The van der Waals surface area contributed by atoms with Crippen molar-refractivity contribution in [3.05, 3.63) is 24.2 Å². The summed E-state index contributed by atoms with van der Waals surface area (Å²) in [4.78, 5) is 31.9. The van der Waals surface area contributed by atoms with Crippen molar-refractivity contribution in [3.8, 4) is 0 Å². The summed E-state index contributed by atoms with van der Waals surface area (Å²) in [7, 11) is 0. The molecule has 0 unspecified atom stereocenters. The molecule has 1 aromatic heterocycles. The molecular weight excluding hydrogens is 342 g/mol. The van der Waals surface area contributed by atoms with Gasteiger partial charge in [-0.1, -0.05) is 6.42 Å². The molecule has 3 fully saturated rings. The highest BCUT2D eigenvalue weighted by Crippen LogP contribution is 2.29. The number of likely N-dealkylation sites (tertiary alicyclic amines) is 1. The Morgan fingerprint density at radius 3 is 2.00 bits per heavy atom. The number of piperidine rings is 1. The van der Waals surface area contributed by atoms with Crippen LogP contribution in [0.1, 0.15) is 44.3 Å². The van der Waals surface area contributed by atoms with Gasteiger partial charge in [0.25, 0.3) is 0 Å². The quantitative estimate of drug-likeness (QED) is 0.813. The van der Waals surface area contributed by atoms with Gasteiger partial charge in [-0.15, -0.1) is 0 Å². The topological polar surface area (TPSA) is 57.0 Å². The van der Waals surface area contributed by atoms with Gasteiger partial charge in [-0.25, -0.2) is 0 Å². The normalized spacial score (nSPS) is 23.1. The molecule has 3 heterocycles. The molecule has 6 nitrogen and oxygen atoms in total. The predicted octanol–water partition coefficient (Wildman–Crippen LogP) is 2.35. The number of amides is 2. The summed E-state index contributed by atoms with van der Waals surface area (Å²) >= 11 is 0. The molecule has 0 N–H and O–H groups in total. The van der Waals surface area contributed by atoms with E-state index < -0.39 is 0 Å². The number of hydrogen-bond acceptors (Lipinski definition) is 4. The van der Waals surface area contributed by atoms with Gasteiger partial charge in [-0.3, -0.25) is 14.5 Å². The van der Waals surface area contributed by atoms with Crippen LogP contribution in [0.5, 0.6) is 0 Å². The zero-order valence-corrected chi connectivity index (χ0v) is 16.1. The summed E-state index contributed by atoms with van der Waals surface area (Å²) in [5, 5.41) is 0. The standard InChI is InChI=1S/C21H31N3O3/c25-20(17-4-1-5-17)23-9-3-10-24(14-13-23)21(26)18-7-11-22(12-8-18)16-19-6-2-15-27-19/h2,6,15,17-18H,1,3-5,7-14,16H2. The zero-order chi connectivity index (χ0) is 18.6. The first kappa shape index (κ1) is 18.5. The fourth-order valence-corrected chi connectivity index (χ4v) is 4.49. The second kappa shape index (κ2) is 8.46. The Hall–Kier alpha value is -1.82. The van der Waals surface area contributed by atoms with E-state index in [1.807, 2.05) is 21.9 Å². The molecule has 1 saturated carbocycles. The van der Waals surface area contributed by atoms with Crippen molar-refractivity contribution in [1.29, 1.82) is 0 Å². The predicted molar refractivity (Wildman–Crippen MR) is 102 cm³/mol. The molecule has 6 heteroatoms. The monoisotopic (exact) mass is 373 g/mol. The fourth-order valence-electron chi connectivity index (χ4n) is 4.49. The third-order valence-corrected chi connectivity index (χ3v) is 6.47. The van der Waals surface area contributed by atoms with E-state index in [-0.39, 0.29) is 11.8 Å². The molecule has 0 spiro atoms. The lowest BCUT2D eigenvalue weighted by Crippen LogP contribution is -2.44. The number of nitrogens with zero attached hydrogens (tertiary/aromatic N) is 3. The first-order chi connectivity index (χ1) is 13.2. The van der Waals surface area contributed by atoms with E-state index in [1.54, 1.807) is 6.26 Å². The fraction of sp³-hybridized carbons (Fsp3) is 0.714. The van der Waals surface area contributed by atoms with Crippen LogP contribution in [0, 0.1) is 11.8 Å². The van der Waals surface area contributed by atoms with Crippen molar-refractivity contribution in [2.24, 2.45) is 11.8 Å². The van der Waals surface area contributed by atoms with E-state index in [4.69, 9.17) is 4.42 Å². The number of rotatable bonds is 4. The summed E-state index contributed by atoms with van der Waals surface area (Å²) < 4.78 is 5.43. The number of carbonyl (C=O) groups is 2. The molecule has 0 bridgehead atoms. The Morgan fingerprint density at radius 2 is 1.48 bits per heavy atom. The zero-order valence-electron chi connectivity index (χ0n) is 16.1. The Kier molecular flexibility index (Phi) is 5.81. The summed E-state index contributed by atoms with van der Waals surface area (Å²) in [5.74, 6) is 1.99. The van der Waals surface area contributed by atoms with Crippen molar-refractivity contribution in [2.45, 2.75) is 45.1 Å². The average molecular weight is 373 g/mol. The molecule has 27 heavy (non-hydrogen) atoms. The maximum absolute atomic E-state index is 13.0. The maximum Gasteiger partial charge on any atom is 0.225 e. The molecule has 2 saturated heterocycles. The molecule has 3 aliphatic rings. The van der Waals surface area contributed by atoms with Crippen LogP contribution in [-0.4, -0.2) is 65.8 Å². The van der Waals surface area contributed by atoms with Gasteiger partial charge in [0.15, 0.2) is 0 Å². The molecule has 1 aromatic rings. The van der Waals surface area contributed by atoms with Crippen LogP contribution in [0.4, 0.5) is 0 Å². The van der Waals surface area contributed by atoms with Crippen molar-refractivity contribution < 1.29 is 14.0 Å². The molecule has 0 aromatic carbocycles. The van der Waals surface area contributed by atoms with E-state index in [0.29, 0.717) is 24.9 Å². The maximum atomic E-state index is 13.0. The molecule has 2 aliphatic heterocycles. The smallest absolute Gasteiger partial charge is 0.225 e. The van der Waals surface area contributed by atoms with Crippen LogP contribution in [0.3, 0.4) is 0 Å². The molecule has 1 aliphatic carbocycles. The Bertz CT molecular complexity index is 633. The summed E-state index contributed by atoms with van der Waals surface area (Å²) in [6, 6.07) is 3.93. The second-order valence-corrected chi connectivity index (χ2v) is 8.26. The lowest BCUT2D eigenvalue weighted by molar-refractivity contribution is -0.140. The van der Waals surface area contributed by atoms with Crippen LogP contribution in [0.25, 0.3) is 0 Å². The van der Waals surface area contributed by atoms with Crippen LogP contribution in [0.2, 0.25) is 0 Å². The minimum absolute atomic E-state index is 0.131. The van der Waals surface area contributed by atoms with Crippen molar-refractivity contribution in [1.82, 2.24) is 14.7 Å². The van der Waals surface area contributed by atoms with E-state index in [0.717, 1.165) is 70.6 Å². The van der Waals surface area contributed by atoms with Gasteiger partial charge < -0.3 is 14.2 Å². The van der Waals surface area contributed by atoms with E-state index >= 15 is 0 Å². The van der Waals surface area contributed by atoms with Crippen LogP contribution < -0.4 is 0 Å². The first-order valence-electron chi connectivity index (χ1n) is 10.5. The molecule has 0 radical (unpaired) electrons. The molecular formula is C21H31N3O3. The van der Waals surface area contributed by atoms with Gasteiger partial charge in [0, 0.05) is 38.0 Å². The first-order valence-corrected chi connectivity index (χ1v) is 10.5. The van der Waals surface area contributed by atoms with Gasteiger partial charge in [0.05, 0.1) is 12.8 Å². The average Bonchev–Trinajstić information content (AvgIpc) is 3.01. The number of carbonyl (C=O) groups excluding carboxylic acids is 2. The minimum Gasteiger partial charge on any atom is -0.468 e. The third kappa shape index (κ3) is 4.37. The third-order valence-electron chi connectivity index (χ3n) is 6.47. The number of hydrogen-bond donors (Lipinski definition) is 0. The Labute approximate surface area is 161 Å². The van der Waals surface area contributed by atoms with Crippen molar-refractivity contribution >= 4 is 11.8 Å². The van der Waals surface area contributed by atoms with Crippen molar-refractivity contribution in [3.63, 3.8) is 0 Å². The molecule has 4 rings (SSSR count). The SMILES string of the molecule is O=C(C1CCC1)N1CCCN(C(=O)C2CCN(Cc3ccco3)CC2)CC1. The Balaban J connectivity index is 1.24. The summed E-state index contributed by atoms with van der Waals surface area (Å²) in [6.07, 6.45) is 7.74. The largest absolute Gasteiger partial charge is 0.468 e. The van der Waals surface area contributed by atoms with Gasteiger partial charge in [-0.05, 0) is 57.3 Å². The molecule has 2 amide bonds. The van der Waals surface area contributed by atoms with Gasteiger partial charge in [0.1, 0.15) is 5.76 Å². The minimum atomic E-state index is 0.131. The van der Waals surface area contributed by atoms with Crippen LogP contribution in [0.15, 0.2) is 22.8 Å². The van der Waals surface area contributed by atoms with Gasteiger partial charge >= 0.3 is 0 Å². The molecule has 0 atom stereocenters. The summed E-state index contributed by atoms with van der Waals surface area (Å²) in [6.45, 7) is 5.72. The van der Waals surface area contributed by atoms with E-state index in [2.05, 4.69) is 4.90 Å². The number of furan rings is 1. The van der Waals surface area contributed by atoms with E-state index in [9.17, 15) is 9.59 Å². The van der Waals surface area contributed by atoms with Gasteiger partial charge in [-0.2, -0.15) is 0 Å². The van der Waals surface area contributed by atoms with Crippen LogP contribution in [-0.2, 0) is 16.1 Å². The lowest BCUT2D eigenvalue weighted by Gasteiger charge is -2.34.